The highest BCUT2D eigenvalue weighted by Gasteiger charge is 2.21. The third-order valence-electron chi connectivity index (χ3n) is 10.6. The van der Waals surface area contributed by atoms with Gasteiger partial charge in [0, 0.05) is 44.8 Å². The monoisotopic (exact) mass is 677 g/mol. The van der Waals surface area contributed by atoms with E-state index in [1.54, 1.807) is 0 Å². The molecule has 53 heavy (non-hydrogen) atoms. The first-order chi connectivity index (χ1) is 26.3. The van der Waals surface area contributed by atoms with E-state index in [9.17, 15) is 0 Å². The van der Waals surface area contributed by atoms with Gasteiger partial charge in [-0.3, -0.25) is 4.98 Å². The zero-order valence-electron chi connectivity index (χ0n) is 28.6. The van der Waals surface area contributed by atoms with Crippen molar-refractivity contribution in [3.63, 3.8) is 0 Å². The minimum Gasteiger partial charge on any atom is -0.454 e. The molecule has 0 radical (unpaired) electrons. The Morgan fingerprint density at radius 2 is 1.17 bits per heavy atom. The van der Waals surface area contributed by atoms with Crippen LogP contribution in [0, 0.1) is 0 Å². The Hall–Kier alpha value is -7.17. The van der Waals surface area contributed by atoms with Crippen LogP contribution in [0.5, 0.6) is 0 Å². The zero-order valence-corrected chi connectivity index (χ0v) is 28.6. The first-order valence-electron chi connectivity index (χ1n) is 17.9. The van der Waals surface area contributed by atoms with Crippen molar-refractivity contribution in [2.75, 3.05) is 4.90 Å². The molecule has 0 aliphatic rings. The summed E-state index contributed by atoms with van der Waals surface area (Å²) in [6.45, 7) is 0. The standard InChI is InChI=1S/C49H31N3O/c1-2-12-35-29-39(26-22-32(35)10-1)51(46-31-50-30-43-41-16-6-8-19-47(41)53-49(43)46)37-24-20-33(21-25-37)36-13-9-14-38(28-36)52-44-18-7-5-17-42(44)48-40-15-4-3-11-34(40)23-27-45(48)52/h1-31H. The minimum absolute atomic E-state index is 0.810. The first-order valence-corrected chi connectivity index (χ1v) is 17.9. The van der Waals surface area contributed by atoms with Gasteiger partial charge in [0.2, 0.25) is 0 Å². The number of anilines is 3. The molecule has 0 bridgehead atoms. The van der Waals surface area contributed by atoms with Gasteiger partial charge in [0.15, 0.2) is 5.58 Å². The van der Waals surface area contributed by atoms with Crippen LogP contribution in [-0.2, 0) is 0 Å². The van der Waals surface area contributed by atoms with Crippen molar-refractivity contribution in [2.24, 2.45) is 0 Å². The highest BCUT2D eigenvalue weighted by Crippen LogP contribution is 2.43. The molecule has 0 N–H and O–H groups in total. The smallest absolute Gasteiger partial charge is 0.162 e. The molecule has 3 aromatic heterocycles. The van der Waals surface area contributed by atoms with Crippen molar-refractivity contribution in [3.8, 4) is 16.8 Å². The number of benzene rings is 8. The van der Waals surface area contributed by atoms with Crippen LogP contribution >= 0.6 is 0 Å². The van der Waals surface area contributed by atoms with E-state index in [2.05, 4.69) is 167 Å². The number of hydrogen-bond acceptors (Lipinski definition) is 3. The number of rotatable bonds is 5. The molecule has 248 valence electrons. The van der Waals surface area contributed by atoms with Crippen molar-refractivity contribution in [3.05, 3.63) is 188 Å². The van der Waals surface area contributed by atoms with Gasteiger partial charge in [-0.05, 0) is 87.3 Å². The summed E-state index contributed by atoms with van der Waals surface area (Å²) in [7, 11) is 0. The molecule has 4 nitrogen and oxygen atoms in total. The van der Waals surface area contributed by atoms with E-state index >= 15 is 0 Å². The Bertz CT molecular complexity index is 3190. The Kier molecular flexibility index (Phi) is 6.52. The molecule has 0 spiro atoms. The lowest BCUT2D eigenvalue weighted by molar-refractivity contribution is 0.668. The van der Waals surface area contributed by atoms with Crippen molar-refractivity contribution < 1.29 is 4.42 Å². The van der Waals surface area contributed by atoms with Crippen molar-refractivity contribution in [2.45, 2.75) is 0 Å². The van der Waals surface area contributed by atoms with Crippen LogP contribution in [0.25, 0.3) is 82.1 Å². The van der Waals surface area contributed by atoms with Gasteiger partial charge in [0.05, 0.1) is 17.2 Å². The molecule has 0 aliphatic heterocycles. The molecule has 11 rings (SSSR count). The maximum absolute atomic E-state index is 6.54. The molecule has 8 aromatic carbocycles. The van der Waals surface area contributed by atoms with E-state index < -0.39 is 0 Å². The maximum Gasteiger partial charge on any atom is 0.162 e. The predicted molar refractivity (Wildman–Crippen MR) is 221 cm³/mol. The fourth-order valence-corrected chi connectivity index (χ4v) is 8.17. The number of aromatic nitrogens is 2. The third-order valence-corrected chi connectivity index (χ3v) is 10.6. The second-order valence-corrected chi connectivity index (χ2v) is 13.6. The summed E-state index contributed by atoms with van der Waals surface area (Å²) >= 11 is 0. The number of hydrogen-bond donors (Lipinski definition) is 0. The molecule has 0 fully saturated rings. The van der Waals surface area contributed by atoms with E-state index in [1.165, 1.54) is 43.4 Å². The lowest BCUT2D eigenvalue weighted by atomic mass is 10.0. The van der Waals surface area contributed by atoms with Gasteiger partial charge >= 0.3 is 0 Å². The van der Waals surface area contributed by atoms with Gasteiger partial charge in [0.1, 0.15) is 11.3 Å². The Morgan fingerprint density at radius 3 is 2.06 bits per heavy atom. The van der Waals surface area contributed by atoms with Gasteiger partial charge in [-0.15, -0.1) is 0 Å². The summed E-state index contributed by atoms with van der Waals surface area (Å²) in [6.07, 6.45) is 3.81. The largest absolute Gasteiger partial charge is 0.454 e. The van der Waals surface area contributed by atoms with Crippen LogP contribution in [0.4, 0.5) is 17.1 Å². The first kappa shape index (κ1) is 29.5. The van der Waals surface area contributed by atoms with E-state index in [4.69, 9.17) is 9.40 Å². The molecule has 0 amide bonds. The second-order valence-electron chi connectivity index (χ2n) is 13.6. The van der Waals surface area contributed by atoms with Crippen LogP contribution in [-0.4, -0.2) is 9.55 Å². The van der Waals surface area contributed by atoms with E-state index in [-0.39, 0.29) is 0 Å². The normalized spacial score (nSPS) is 11.8. The summed E-state index contributed by atoms with van der Waals surface area (Å²) in [5.74, 6) is 0. The average molecular weight is 678 g/mol. The van der Waals surface area contributed by atoms with E-state index in [1.807, 2.05) is 30.6 Å². The molecule has 3 heterocycles. The molecule has 0 aliphatic carbocycles. The maximum atomic E-state index is 6.54. The number of furan rings is 1. The molecular formula is C49H31N3O. The van der Waals surface area contributed by atoms with Gasteiger partial charge in [-0.1, -0.05) is 121 Å². The molecule has 4 heteroatoms. The van der Waals surface area contributed by atoms with Crippen molar-refractivity contribution in [1.29, 1.82) is 0 Å². The lowest BCUT2D eigenvalue weighted by Crippen LogP contribution is -2.10. The minimum atomic E-state index is 0.810. The van der Waals surface area contributed by atoms with Gasteiger partial charge in [0.25, 0.3) is 0 Å². The summed E-state index contributed by atoms with van der Waals surface area (Å²) in [6, 6.07) is 62.8. The molecule has 0 saturated carbocycles. The van der Waals surface area contributed by atoms with Crippen molar-refractivity contribution >= 4 is 82.4 Å². The average Bonchev–Trinajstić information content (AvgIpc) is 3.78. The fourth-order valence-electron chi connectivity index (χ4n) is 8.17. The van der Waals surface area contributed by atoms with E-state index in [0.717, 1.165) is 55.8 Å². The Morgan fingerprint density at radius 1 is 0.453 bits per heavy atom. The van der Waals surface area contributed by atoms with Gasteiger partial charge in [-0.2, -0.15) is 0 Å². The quantitative estimate of drug-likeness (QED) is 0.182. The summed E-state index contributed by atoms with van der Waals surface area (Å²) in [4.78, 5) is 6.98. The molecule has 0 atom stereocenters. The number of para-hydroxylation sites is 2. The number of pyridine rings is 1. The van der Waals surface area contributed by atoms with Crippen LogP contribution in [0.15, 0.2) is 193 Å². The predicted octanol–water partition coefficient (Wildman–Crippen LogP) is 13.5. The molecule has 11 aromatic rings. The Balaban J connectivity index is 1.05. The highest BCUT2D eigenvalue weighted by molar-refractivity contribution is 6.21. The summed E-state index contributed by atoms with van der Waals surface area (Å²) < 4.78 is 8.94. The molecule has 0 unspecified atom stereocenters. The van der Waals surface area contributed by atoms with E-state index in [0.29, 0.717) is 0 Å². The third kappa shape index (κ3) is 4.66. The van der Waals surface area contributed by atoms with Gasteiger partial charge < -0.3 is 13.9 Å². The fraction of sp³-hybridized carbons (Fsp3) is 0. The molecule has 0 saturated heterocycles. The van der Waals surface area contributed by atoms with Crippen LogP contribution in [0.2, 0.25) is 0 Å². The Labute approximate surface area is 305 Å². The lowest BCUT2D eigenvalue weighted by Gasteiger charge is -2.25. The number of fused-ring (bicyclic) bond motifs is 9. The highest BCUT2D eigenvalue weighted by atomic mass is 16.3. The second kappa shape index (κ2) is 11.7. The van der Waals surface area contributed by atoms with Crippen molar-refractivity contribution in [1.82, 2.24) is 9.55 Å². The zero-order chi connectivity index (χ0) is 34.9. The van der Waals surface area contributed by atoms with Gasteiger partial charge in [-0.25, -0.2) is 0 Å². The number of nitrogens with zero attached hydrogens (tertiary/aromatic N) is 3. The van der Waals surface area contributed by atoms with Crippen LogP contribution in [0.1, 0.15) is 0 Å². The topological polar surface area (TPSA) is 34.2 Å². The van der Waals surface area contributed by atoms with Crippen LogP contribution in [0.3, 0.4) is 0 Å². The van der Waals surface area contributed by atoms with Crippen LogP contribution < -0.4 is 4.90 Å². The summed E-state index contributed by atoms with van der Waals surface area (Å²) in [5, 5.41) is 9.50. The SMILES string of the molecule is c1cc(-c2ccc(N(c3ccc4ccccc4c3)c3cncc4c3oc3ccccc34)cc2)cc(-n2c3ccccc3c3c4ccccc4ccc32)c1. The summed E-state index contributed by atoms with van der Waals surface area (Å²) in [5.41, 5.74) is 10.4. The molecular weight excluding hydrogens is 647 g/mol.